The summed E-state index contributed by atoms with van der Waals surface area (Å²) in [7, 11) is 0. The van der Waals surface area contributed by atoms with Crippen LogP contribution < -0.4 is 0 Å². The van der Waals surface area contributed by atoms with Gasteiger partial charge in [0.15, 0.2) is 0 Å². The van der Waals surface area contributed by atoms with Crippen molar-refractivity contribution in [2.24, 2.45) is 0 Å². The van der Waals surface area contributed by atoms with Crippen LogP contribution in [0.25, 0.3) is 10.8 Å². The van der Waals surface area contributed by atoms with Crippen LogP contribution in [0.5, 0.6) is 0 Å². The Morgan fingerprint density at radius 2 is 1.75 bits per heavy atom. The molecule has 0 radical (unpaired) electrons. The smallest absolute Gasteiger partial charge is 0.0181 e. The summed E-state index contributed by atoms with van der Waals surface area (Å²) in [6, 6.07) is 15.3. The summed E-state index contributed by atoms with van der Waals surface area (Å²) in [5.41, 5.74) is 2.83. The van der Waals surface area contributed by atoms with Gasteiger partial charge in [-0.25, -0.2) is 0 Å². The largest absolute Gasteiger partial charge is 0.0856 e. The second kappa shape index (κ2) is 4.98. The van der Waals surface area contributed by atoms with Gasteiger partial charge in [-0.3, -0.25) is 0 Å². The molecule has 82 valence electrons. The Labute approximate surface area is 97.6 Å². The van der Waals surface area contributed by atoms with Crippen LogP contribution in [0, 0.1) is 0 Å². The van der Waals surface area contributed by atoms with E-state index in [-0.39, 0.29) is 0 Å². The molecule has 0 amide bonds. The maximum Gasteiger partial charge on any atom is -0.0181 e. The van der Waals surface area contributed by atoms with E-state index in [2.05, 4.69) is 62.4 Å². The first-order valence-electron chi connectivity index (χ1n) is 5.87. The summed E-state index contributed by atoms with van der Waals surface area (Å²) in [4.78, 5) is 0. The van der Waals surface area contributed by atoms with Gasteiger partial charge < -0.3 is 0 Å². The van der Waals surface area contributed by atoms with Crippen LogP contribution in [0.1, 0.15) is 25.8 Å². The van der Waals surface area contributed by atoms with E-state index in [1.165, 1.54) is 21.9 Å². The first-order valence-corrected chi connectivity index (χ1v) is 5.87. The van der Waals surface area contributed by atoms with Crippen molar-refractivity contribution in [2.75, 3.05) is 0 Å². The minimum atomic E-state index is 1.13. The zero-order chi connectivity index (χ0) is 11.4. The summed E-state index contributed by atoms with van der Waals surface area (Å²) >= 11 is 0. The van der Waals surface area contributed by atoms with Gasteiger partial charge in [-0.1, -0.05) is 54.1 Å². The van der Waals surface area contributed by atoms with E-state index in [0.717, 1.165) is 12.8 Å². The van der Waals surface area contributed by atoms with E-state index >= 15 is 0 Å². The molecule has 2 aromatic carbocycles. The molecule has 0 atom stereocenters. The van der Waals surface area contributed by atoms with Gasteiger partial charge in [0.1, 0.15) is 0 Å². The number of fused-ring (bicyclic) bond motifs is 1. The Hall–Kier alpha value is -1.56. The number of benzene rings is 2. The average Bonchev–Trinajstić information content (AvgIpc) is 2.28. The Morgan fingerprint density at radius 1 is 1.00 bits per heavy atom. The third-order valence-corrected chi connectivity index (χ3v) is 2.80. The number of hydrogen-bond donors (Lipinski definition) is 0. The molecule has 2 rings (SSSR count). The lowest BCUT2D eigenvalue weighted by Crippen LogP contribution is -1.84. The highest BCUT2D eigenvalue weighted by molar-refractivity contribution is 5.82. The minimum absolute atomic E-state index is 1.13. The molecular formula is C16H18. The van der Waals surface area contributed by atoms with Crippen molar-refractivity contribution in [3.05, 3.63) is 59.7 Å². The summed E-state index contributed by atoms with van der Waals surface area (Å²) < 4.78 is 0. The SMILES string of the molecule is CC(C)=CCCc1ccc2ccccc2c1. The summed E-state index contributed by atoms with van der Waals surface area (Å²) in [6.45, 7) is 4.31. The highest BCUT2D eigenvalue weighted by Gasteiger charge is 1.95. The van der Waals surface area contributed by atoms with Crippen LogP contribution in [0.2, 0.25) is 0 Å². The zero-order valence-corrected chi connectivity index (χ0v) is 10.0. The molecule has 0 saturated heterocycles. The molecule has 0 bridgehead atoms. The third kappa shape index (κ3) is 2.73. The van der Waals surface area contributed by atoms with Gasteiger partial charge in [0, 0.05) is 0 Å². The van der Waals surface area contributed by atoms with E-state index in [0.29, 0.717) is 0 Å². The van der Waals surface area contributed by atoms with Crippen LogP contribution >= 0.6 is 0 Å². The summed E-state index contributed by atoms with van der Waals surface area (Å²) in [6.07, 6.45) is 4.58. The highest BCUT2D eigenvalue weighted by atomic mass is 14.0. The predicted octanol–water partition coefficient (Wildman–Crippen LogP) is 4.74. The molecule has 0 aliphatic rings. The van der Waals surface area contributed by atoms with E-state index in [4.69, 9.17) is 0 Å². The fraction of sp³-hybridized carbons (Fsp3) is 0.250. The molecule has 0 heterocycles. The van der Waals surface area contributed by atoms with Crippen molar-refractivity contribution in [1.82, 2.24) is 0 Å². The number of allylic oxidation sites excluding steroid dienone is 2. The highest BCUT2D eigenvalue weighted by Crippen LogP contribution is 2.16. The lowest BCUT2D eigenvalue weighted by atomic mass is 10.0. The molecule has 0 aliphatic carbocycles. The van der Waals surface area contributed by atoms with Crippen molar-refractivity contribution in [3.63, 3.8) is 0 Å². The average molecular weight is 210 g/mol. The van der Waals surface area contributed by atoms with Gasteiger partial charge in [-0.2, -0.15) is 0 Å². The van der Waals surface area contributed by atoms with Gasteiger partial charge in [0.25, 0.3) is 0 Å². The lowest BCUT2D eigenvalue weighted by molar-refractivity contribution is 0.991. The lowest BCUT2D eigenvalue weighted by Gasteiger charge is -2.02. The standard InChI is InChI=1S/C16H18/c1-13(2)6-5-7-14-10-11-15-8-3-4-9-16(15)12-14/h3-4,6,8-12H,5,7H2,1-2H3. The Morgan fingerprint density at radius 3 is 2.50 bits per heavy atom. The fourth-order valence-corrected chi connectivity index (χ4v) is 1.92. The summed E-state index contributed by atoms with van der Waals surface area (Å²) in [5.74, 6) is 0. The molecule has 0 aromatic heterocycles. The van der Waals surface area contributed by atoms with Gasteiger partial charge >= 0.3 is 0 Å². The van der Waals surface area contributed by atoms with Crippen LogP contribution in [-0.4, -0.2) is 0 Å². The quantitative estimate of drug-likeness (QED) is 0.642. The Kier molecular flexibility index (Phi) is 3.40. The molecule has 16 heavy (non-hydrogen) atoms. The van der Waals surface area contributed by atoms with Crippen LogP contribution in [0.4, 0.5) is 0 Å². The van der Waals surface area contributed by atoms with Crippen LogP contribution in [0.3, 0.4) is 0 Å². The van der Waals surface area contributed by atoms with Gasteiger partial charge in [0.05, 0.1) is 0 Å². The van der Waals surface area contributed by atoms with Crippen LogP contribution in [-0.2, 0) is 6.42 Å². The molecule has 0 N–H and O–H groups in total. The number of hydrogen-bond acceptors (Lipinski definition) is 0. The monoisotopic (exact) mass is 210 g/mol. The first-order chi connectivity index (χ1) is 7.75. The fourth-order valence-electron chi connectivity index (χ4n) is 1.92. The normalized spacial score (nSPS) is 10.4. The second-order valence-corrected chi connectivity index (χ2v) is 4.50. The van der Waals surface area contributed by atoms with Gasteiger partial charge in [-0.15, -0.1) is 0 Å². The Bertz CT molecular complexity index is 502. The van der Waals surface area contributed by atoms with Crippen molar-refractivity contribution >= 4 is 10.8 Å². The van der Waals surface area contributed by atoms with Gasteiger partial charge in [-0.05, 0) is 43.0 Å². The van der Waals surface area contributed by atoms with E-state index in [9.17, 15) is 0 Å². The van der Waals surface area contributed by atoms with E-state index < -0.39 is 0 Å². The maximum atomic E-state index is 2.30. The first kappa shape index (κ1) is 10.9. The maximum absolute atomic E-state index is 2.30. The van der Waals surface area contributed by atoms with E-state index in [1.807, 2.05) is 0 Å². The molecule has 0 fully saturated rings. The molecule has 0 spiro atoms. The molecule has 2 aromatic rings. The van der Waals surface area contributed by atoms with Crippen molar-refractivity contribution in [1.29, 1.82) is 0 Å². The molecular weight excluding hydrogens is 192 g/mol. The second-order valence-electron chi connectivity index (χ2n) is 4.50. The topological polar surface area (TPSA) is 0 Å². The molecule has 0 saturated carbocycles. The number of rotatable bonds is 3. The van der Waals surface area contributed by atoms with Crippen molar-refractivity contribution in [3.8, 4) is 0 Å². The zero-order valence-electron chi connectivity index (χ0n) is 10.0. The van der Waals surface area contributed by atoms with Gasteiger partial charge in [0.2, 0.25) is 0 Å². The molecule has 0 unspecified atom stereocenters. The van der Waals surface area contributed by atoms with Crippen molar-refractivity contribution in [2.45, 2.75) is 26.7 Å². The molecule has 0 heteroatoms. The molecule has 0 nitrogen and oxygen atoms in total. The van der Waals surface area contributed by atoms with E-state index in [1.54, 1.807) is 0 Å². The van der Waals surface area contributed by atoms with Crippen molar-refractivity contribution < 1.29 is 0 Å². The minimum Gasteiger partial charge on any atom is -0.0856 e. The van der Waals surface area contributed by atoms with Crippen LogP contribution in [0.15, 0.2) is 54.1 Å². The third-order valence-electron chi connectivity index (χ3n) is 2.80. The molecule has 0 aliphatic heterocycles. The predicted molar refractivity (Wildman–Crippen MR) is 71.7 cm³/mol. The summed E-state index contributed by atoms with van der Waals surface area (Å²) in [5, 5.41) is 2.67. The number of aryl methyl sites for hydroxylation is 1. The Balaban J connectivity index is 2.16.